The number of carbonyl (C=O) groups is 1. The fourth-order valence-electron chi connectivity index (χ4n) is 2.34. The van der Waals surface area contributed by atoms with Crippen LogP contribution >= 0.6 is 0 Å². The first kappa shape index (κ1) is 14.9. The number of rotatable bonds is 4. The second-order valence-corrected chi connectivity index (χ2v) is 5.16. The summed E-state index contributed by atoms with van der Waals surface area (Å²) in [6, 6.07) is 15.2. The SMILES string of the molecule is COc1cccc2cc(/C=C/C(=O)Nc3ccccc3C)oc12. The van der Waals surface area contributed by atoms with Crippen LogP contribution < -0.4 is 10.1 Å². The van der Waals surface area contributed by atoms with Crippen LogP contribution in [0.5, 0.6) is 5.75 Å². The minimum Gasteiger partial charge on any atom is -0.493 e. The summed E-state index contributed by atoms with van der Waals surface area (Å²) >= 11 is 0. The number of fused-ring (bicyclic) bond motifs is 1. The van der Waals surface area contributed by atoms with E-state index >= 15 is 0 Å². The molecule has 0 saturated heterocycles. The molecule has 1 amide bonds. The molecule has 4 nitrogen and oxygen atoms in total. The van der Waals surface area contributed by atoms with E-state index in [1.165, 1.54) is 6.08 Å². The van der Waals surface area contributed by atoms with Gasteiger partial charge in [0, 0.05) is 17.1 Å². The first-order chi connectivity index (χ1) is 11.2. The first-order valence-corrected chi connectivity index (χ1v) is 7.28. The van der Waals surface area contributed by atoms with Crippen molar-refractivity contribution in [3.63, 3.8) is 0 Å². The Bertz CT molecular complexity index is 877. The van der Waals surface area contributed by atoms with Gasteiger partial charge >= 0.3 is 0 Å². The molecule has 0 aliphatic rings. The van der Waals surface area contributed by atoms with Crippen molar-refractivity contribution in [3.8, 4) is 5.75 Å². The minimum absolute atomic E-state index is 0.202. The van der Waals surface area contributed by atoms with Gasteiger partial charge in [-0.25, -0.2) is 0 Å². The summed E-state index contributed by atoms with van der Waals surface area (Å²) in [6.45, 7) is 1.95. The smallest absolute Gasteiger partial charge is 0.248 e. The maximum absolute atomic E-state index is 12.0. The van der Waals surface area contributed by atoms with E-state index in [0.29, 0.717) is 17.1 Å². The van der Waals surface area contributed by atoms with Gasteiger partial charge in [-0.05, 0) is 36.8 Å². The van der Waals surface area contributed by atoms with Crippen molar-refractivity contribution in [2.75, 3.05) is 12.4 Å². The minimum atomic E-state index is -0.202. The summed E-state index contributed by atoms with van der Waals surface area (Å²) in [5, 5.41) is 3.78. The molecule has 4 heteroatoms. The van der Waals surface area contributed by atoms with Gasteiger partial charge in [-0.2, -0.15) is 0 Å². The Morgan fingerprint density at radius 2 is 2.00 bits per heavy atom. The average Bonchev–Trinajstić information content (AvgIpc) is 2.98. The van der Waals surface area contributed by atoms with Crippen LogP contribution in [0.1, 0.15) is 11.3 Å². The van der Waals surface area contributed by atoms with Gasteiger partial charge in [-0.3, -0.25) is 4.79 Å². The van der Waals surface area contributed by atoms with Crippen molar-refractivity contribution >= 4 is 28.6 Å². The number of furan rings is 1. The van der Waals surface area contributed by atoms with Crippen molar-refractivity contribution < 1.29 is 13.9 Å². The highest BCUT2D eigenvalue weighted by Crippen LogP contribution is 2.28. The van der Waals surface area contributed by atoms with E-state index in [2.05, 4.69) is 5.32 Å². The molecule has 0 unspecified atom stereocenters. The fraction of sp³-hybridized carbons (Fsp3) is 0.105. The van der Waals surface area contributed by atoms with Gasteiger partial charge < -0.3 is 14.5 Å². The van der Waals surface area contributed by atoms with Gasteiger partial charge in [0.2, 0.25) is 5.91 Å². The zero-order chi connectivity index (χ0) is 16.2. The van der Waals surface area contributed by atoms with Crippen molar-refractivity contribution in [2.24, 2.45) is 0 Å². The highest BCUT2D eigenvalue weighted by Gasteiger charge is 2.07. The number of amides is 1. The number of ether oxygens (including phenoxy) is 1. The van der Waals surface area contributed by atoms with E-state index in [9.17, 15) is 4.79 Å². The second kappa shape index (κ2) is 6.40. The lowest BCUT2D eigenvalue weighted by Crippen LogP contribution is -2.08. The van der Waals surface area contributed by atoms with Crippen molar-refractivity contribution in [1.29, 1.82) is 0 Å². The number of nitrogens with one attached hydrogen (secondary N) is 1. The zero-order valence-electron chi connectivity index (χ0n) is 13.0. The quantitative estimate of drug-likeness (QED) is 0.727. The van der Waals surface area contributed by atoms with E-state index < -0.39 is 0 Å². The van der Waals surface area contributed by atoms with Crippen LogP contribution in [0.2, 0.25) is 0 Å². The van der Waals surface area contributed by atoms with Gasteiger partial charge in [-0.1, -0.05) is 30.3 Å². The Kier molecular flexibility index (Phi) is 4.15. The summed E-state index contributed by atoms with van der Waals surface area (Å²) in [7, 11) is 1.60. The predicted octanol–water partition coefficient (Wildman–Crippen LogP) is 4.40. The number of hydrogen-bond acceptors (Lipinski definition) is 3. The maximum atomic E-state index is 12.0. The Labute approximate surface area is 134 Å². The lowest BCUT2D eigenvalue weighted by molar-refractivity contribution is -0.111. The molecular formula is C19H17NO3. The van der Waals surface area contributed by atoms with Crippen molar-refractivity contribution in [2.45, 2.75) is 6.92 Å². The molecule has 116 valence electrons. The molecule has 1 N–H and O–H groups in total. The summed E-state index contributed by atoms with van der Waals surface area (Å²) in [5.41, 5.74) is 2.49. The first-order valence-electron chi connectivity index (χ1n) is 7.28. The Hall–Kier alpha value is -3.01. The molecule has 0 fully saturated rings. The van der Waals surface area contributed by atoms with Crippen LogP contribution in [0.4, 0.5) is 5.69 Å². The normalized spacial score (nSPS) is 11.0. The molecule has 2 aromatic carbocycles. The monoisotopic (exact) mass is 307 g/mol. The number of aryl methyl sites for hydroxylation is 1. The van der Waals surface area contributed by atoms with Gasteiger partial charge in [0.05, 0.1) is 7.11 Å². The van der Waals surface area contributed by atoms with E-state index in [-0.39, 0.29) is 5.91 Å². The third-order valence-electron chi connectivity index (χ3n) is 3.55. The molecule has 0 atom stereocenters. The molecule has 1 aromatic heterocycles. The van der Waals surface area contributed by atoms with Crippen LogP contribution in [-0.4, -0.2) is 13.0 Å². The largest absolute Gasteiger partial charge is 0.493 e. The third kappa shape index (κ3) is 3.26. The molecule has 23 heavy (non-hydrogen) atoms. The number of benzene rings is 2. The molecule has 0 aliphatic heterocycles. The summed E-state index contributed by atoms with van der Waals surface area (Å²) < 4.78 is 11.0. The molecule has 0 spiro atoms. The molecular weight excluding hydrogens is 290 g/mol. The van der Waals surface area contributed by atoms with Gasteiger partial charge in [-0.15, -0.1) is 0 Å². The number of anilines is 1. The average molecular weight is 307 g/mol. The van der Waals surface area contributed by atoms with E-state index in [4.69, 9.17) is 9.15 Å². The van der Waals surface area contributed by atoms with Crippen LogP contribution in [0.3, 0.4) is 0 Å². The van der Waals surface area contributed by atoms with E-state index in [0.717, 1.165) is 16.6 Å². The highest BCUT2D eigenvalue weighted by molar-refractivity contribution is 6.02. The molecule has 0 aliphatic carbocycles. The molecule has 1 heterocycles. The third-order valence-corrected chi connectivity index (χ3v) is 3.55. The maximum Gasteiger partial charge on any atom is 0.248 e. The van der Waals surface area contributed by atoms with Gasteiger partial charge in [0.15, 0.2) is 11.3 Å². The lowest BCUT2D eigenvalue weighted by atomic mass is 10.2. The zero-order valence-corrected chi connectivity index (χ0v) is 13.0. The number of carbonyl (C=O) groups excluding carboxylic acids is 1. The molecule has 3 rings (SSSR count). The summed E-state index contributed by atoms with van der Waals surface area (Å²) in [4.78, 5) is 12.0. The topological polar surface area (TPSA) is 51.5 Å². The standard InChI is InChI=1S/C19H17NO3/c1-13-6-3-4-8-16(13)20-18(21)11-10-15-12-14-7-5-9-17(22-2)19(14)23-15/h3-12H,1-2H3,(H,20,21)/b11-10+. The van der Waals surface area contributed by atoms with Crippen molar-refractivity contribution in [3.05, 3.63) is 65.9 Å². The number of hydrogen-bond donors (Lipinski definition) is 1. The van der Waals surface area contributed by atoms with Crippen LogP contribution in [0, 0.1) is 6.92 Å². The van der Waals surface area contributed by atoms with Gasteiger partial charge in [0.25, 0.3) is 0 Å². The molecule has 3 aromatic rings. The summed E-state index contributed by atoms with van der Waals surface area (Å²) in [5.74, 6) is 1.07. The van der Waals surface area contributed by atoms with E-state index in [1.54, 1.807) is 13.2 Å². The Morgan fingerprint density at radius 3 is 2.78 bits per heavy atom. The molecule has 0 saturated carbocycles. The second-order valence-electron chi connectivity index (χ2n) is 5.16. The van der Waals surface area contributed by atoms with E-state index in [1.807, 2.05) is 55.5 Å². The predicted molar refractivity (Wildman–Crippen MR) is 91.6 cm³/mol. The van der Waals surface area contributed by atoms with Crippen molar-refractivity contribution in [1.82, 2.24) is 0 Å². The van der Waals surface area contributed by atoms with Crippen LogP contribution in [0.25, 0.3) is 17.0 Å². The number of methoxy groups -OCH3 is 1. The van der Waals surface area contributed by atoms with Crippen LogP contribution in [0.15, 0.2) is 59.0 Å². The van der Waals surface area contributed by atoms with Gasteiger partial charge in [0.1, 0.15) is 5.76 Å². The fourth-order valence-corrected chi connectivity index (χ4v) is 2.34. The lowest BCUT2D eigenvalue weighted by Gasteiger charge is -2.04. The highest BCUT2D eigenvalue weighted by atomic mass is 16.5. The molecule has 0 radical (unpaired) electrons. The Morgan fingerprint density at radius 1 is 1.17 bits per heavy atom. The number of para-hydroxylation sites is 2. The van der Waals surface area contributed by atoms with Crippen LogP contribution in [-0.2, 0) is 4.79 Å². The summed E-state index contributed by atoms with van der Waals surface area (Å²) in [6.07, 6.45) is 3.10. The Balaban J connectivity index is 1.77. The molecule has 0 bridgehead atoms.